The van der Waals surface area contributed by atoms with Crippen molar-refractivity contribution >= 4 is 101 Å². The maximum atomic E-state index is 13.5. The van der Waals surface area contributed by atoms with Crippen molar-refractivity contribution in [3.8, 4) is 0 Å². The quantitative estimate of drug-likeness (QED) is 0.0244. The number of carbonyl (C=O) groups is 2. The molecule has 2 amide bonds. The number of aromatic nitrogens is 3. The number of amides is 2. The fourth-order valence-corrected chi connectivity index (χ4v) is 12.1. The van der Waals surface area contributed by atoms with Crippen LogP contribution in [0.1, 0.15) is 83.6 Å². The molecule has 410 valence electrons. The molecule has 5 aromatic rings. The molecule has 7 rings (SSSR count). The van der Waals surface area contributed by atoms with Gasteiger partial charge in [0, 0.05) is 71.3 Å². The molecule has 0 radical (unpaired) electrons. The Morgan fingerprint density at radius 3 is 1.94 bits per heavy atom. The van der Waals surface area contributed by atoms with Crippen LogP contribution in [-0.4, -0.2) is 122 Å². The number of rotatable bonds is 20. The highest BCUT2D eigenvalue weighted by Gasteiger charge is 2.45. The van der Waals surface area contributed by atoms with Crippen LogP contribution in [0.4, 0.5) is 16.5 Å². The van der Waals surface area contributed by atoms with E-state index in [4.69, 9.17) is 5.14 Å². The largest absolute Gasteiger partial charge is 0.348 e. The van der Waals surface area contributed by atoms with Crippen LogP contribution in [0.25, 0.3) is 5.57 Å². The Balaban J connectivity index is 1.25. The van der Waals surface area contributed by atoms with Crippen LogP contribution in [0.3, 0.4) is 0 Å². The zero-order chi connectivity index (χ0) is 56.7. The van der Waals surface area contributed by atoms with Crippen LogP contribution >= 0.6 is 11.3 Å². The summed E-state index contributed by atoms with van der Waals surface area (Å²) in [4.78, 5) is 31.9. The number of sulfonamides is 1. The average Bonchev–Trinajstić information content (AvgIpc) is 3.95. The van der Waals surface area contributed by atoms with Gasteiger partial charge in [-0.25, -0.2) is 13.6 Å². The van der Waals surface area contributed by atoms with E-state index in [-0.39, 0.29) is 58.5 Å². The molecule has 0 saturated carbocycles. The molecule has 0 unspecified atom stereocenters. The third-order valence-electron chi connectivity index (χ3n) is 12.6. The van der Waals surface area contributed by atoms with Crippen LogP contribution in [0.5, 0.6) is 0 Å². The van der Waals surface area contributed by atoms with Crippen LogP contribution in [0.15, 0.2) is 123 Å². The zero-order valence-corrected chi connectivity index (χ0v) is 46.1. The van der Waals surface area contributed by atoms with Crippen LogP contribution in [-0.2, 0) is 67.9 Å². The second-order valence-corrected chi connectivity index (χ2v) is 27.4. The molecule has 0 fully saturated rings. The number of hydrogen-bond acceptors (Lipinski definition) is 17. The number of pyridine rings is 1. The second-order valence-electron chi connectivity index (χ2n) is 18.7. The molecule has 2 aliphatic heterocycles. The summed E-state index contributed by atoms with van der Waals surface area (Å²) < 4.78 is 160. The van der Waals surface area contributed by atoms with Gasteiger partial charge in [0.2, 0.25) is 15.2 Å². The van der Waals surface area contributed by atoms with E-state index in [1.807, 2.05) is 0 Å². The third-order valence-corrected chi connectivity index (χ3v) is 18.0. The lowest BCUT2D eigenvalue weighted by atomic mass is 9.81. The van der Waals surface area contributed by atoms with Gasteiger partial charge in [0.1, 0.15) is 6.54 Å². The molecule has 2 aliphatic rings. The molecule has 0 spiro atoms. The molecule has 0 saturated heterocycles. The molecule has 77 heavy (non-hydrogen) atoms. The molecule has 8 N–H and O–H groups in total. The van der Waals surface area contributed by atoms with Gasteiger partial charge in [0.05, 0.1) is 38.0 Å². The summed E-state index contributed by atoms with van der Waals surface area (Å²) in [5.74, 6) is -2.34. The molecule has 30 heteroatoms. The topological polar surface area (TPSA) is 381 Å². The Morgan fingerprint density at radius 1 is 0.740 bits per heavy atom. The molecule has 4 heterocycles. The van der Waals surface area contributed by atoms with Gasteiger partial charge in [-0.2, -0.15) is 38.2 Å². The SMILES string of the molecule is CC1(C)C(/C=C/C(=C/C=C2/N(CCCS(=O)(=O)O)c3ccc(S(=O)(=O)O)cc3C2(C)C)c2ccc(C(=O)NCc3ccc(C(=O)Nc4nnc(S(N)(=O)=O)s4)cc3)cn2)=[N+](CCCS(=O)(=O)O)c2ccc(S(=O)(=O)O)cc21. The number of primary sulfonamides is 1. The van der Waals surface area contributed by atoms with E-state index >= 15 is 0 Å². The molecule has 24 nitrogen and oxygen atoms in total. The molecule has 2 aromatic heterocycles. The highest BCUT2D eigenvalue weighted by molar-refractivity contribution is 7.91. The lowest BCUT2D eigenvalue weighted by molar-refractivity contribution is -0.437. The highest BCUT2D eigenvalue weighted by Crippen LogP contribution is 2.49. The molecular weight excluding hydrogens is 1120 g/mol. The fraction of sp³-hybridized carbons (Fsp3) is 0.277. The summed E-state index contributed by atoms with van der Waals surface area (Å²) in [5.41, 5.74) is 2.51. The van der Waals surface area contributed by atoms with E-state index in [9.17, 15) is 69.9 Å². The Hall–Kier alpha value is -6.45. The first-order valence-electron chi connectivity index (χ1n) is 22.8. The summed E-state index contributed by atoms with van der Waals surface area (Å²) in [6.45, 7) is 7.21. The van der Waals surface area contributed by atoms with Crippen molar-refractivity contribution in [3.63, 3.8) is 0 Å². The summed E-state index contributed by atoms with van der Waals surface area (Å²) in [6.07, 6.45) is 7.91. The van der Waals surface area contributed by atoms with Crippen molar-refractivity contribution in [2.45, 2.75) is 72.0 Å². The highest BCUT2D eigenvalue weighted by atomic mass is 32.3. The van der Waals surface area contributed by atoms with Crippen LogP contribution in [0.2, 0.25) is 0 Å². The van der Waals surface area contributed by atoms with Gasteiger partial charge >= 0.3 is 0 Å². The van der Waals surface area contributed by atoms with E-state index in [1.54, 1.807) is 79.7 Å². The third kappa shape index (κ3) is 13.8. The predicted molar refractivity (Wildman–Crippen MR) is 284 cm³/mol. The Morgan fingerprint density at radius 2 is 1.35 bits per heavy atom. The number of nitrogens with two attached hydrogens (primary N) is 1. The minimum absolute atomic E-state index is 0.0198. The molecule has 0 bridgehead atoms. The first-order valence-corrected chi connectivity index (χ1v) is 31.3. The van der Waals surface area contributed by atoms with Crippen molar-refractivity contribution < 1.29 is 74.5 Å². The summed E-state index contributed by atoms with van der Waals surface area (Å²) in [7, 11) is -22.2. The van der Waals surface area contributed by atoms with Gasteiger partial charge in [-0.3, -0.25) is 38.1 Å². The van der Waals surface area contributed by atoms with E-state index in [0.29, 0.717) is 62.1 Å². The monoisotopic (exact) mass is 1180 g/mol. The van der Waals surface area contributed by atoms with Crippen molar-refractivity contribution in [2.24, 2.45) is 5.14 Å². The van der Waals surface area contributed by atoms with Crippen LogP contribution in [0, 0.1) is 0 Å². The average molecular weight is 1180 g/mol. The Labute approximate surface area is 448 Å². The van der Waals surface area contributed by atoms with E-state index < -0.39 is 89.0 Å². The summed E-state index contributed by atoms with van der Waals surface area (Å²) in [6, 6.07) is 17.2. The number of hydrogen-bond donors (Lipinski definition) is 7. The second kappa shape index (κ2) is 21.8. The first kappa shape index (κ1) is 58.2. The fourth-order valence-electron chi connectivity index (χ4n) is 8.79. The molecular formula is C47H51N8O16S6+. The number of benzene rings is 3. The van der Waals surface area contributed by atoms with Gasteiger partial charge in [-0.05, 0) is 98.1 Å². The van der Waals surface area contributed by atoms with Gasteiger partial charge < -0.3 is 10.2 Å². The smallest absolute Gasteiger partial charge is 0.294 e. The first-order chi connectivity index (χ1) is 35.6. The van der Waals surface area contributed by atoms with Crippen molar-refractivity contribution in [1.29, 1.82) is 0 Å². The van der Waals surface area contributed by atoms with Gasteiger partial charge in [0.15, 0.2) is 5.71 Å². The van der Waals surface area contributed by atoms with E-state index in [2.05, 4.69) is 25.8 Å². The predicted octanol–water partition coefficient (Wildman–Crippen LogP) is 4.51. The maximum Gasteiger partial charge on any atom is 0.294 e. The lowest BCUT2D eigenvalue weighted by Crippen LogP contribution is -2.28. The standard InChI is InChI=1S/C47H50N8O16S6/c1-46(2)35-25-33(76(66,67)68)14-17-38(35)54(21-5-23-73(58,59)60)40(46)19-12-30(13-20-41-47(3,4)36-26-34(77(69,70)71)15-18-39(36)55(41)22-6-24-74(61,62)63)37-16-11-32(28-49-37)42(56)50-27-29-7-9-31(10-8-29)43(57)51-44-52-53-45(72-44)75(48,64)65/h7-20,25-26,28H,5-6,21-24,27H2,1-4H3,(H7-,48,50,51,52,56,57,58,59,60,61,62,63,64,65,66,67,68,69,70,71)/p+1. The van der Waals surface area contributed by atoms with E-state index in [1.165, 1.54) is 60.8 Å². The molecule has 0 atom stereocenters. The summed E-state index contributed by atoms with van der Waals surface area (Å²) in [5, 5.41) is 17.3. The number of anilines is 2. The maximum absolute atomic E-state index is 13.5. The normalized spacial score (nSPS) is 16.2. The van der Waals surface area contributed by atoms with E-state index in [0.717, 1.165) is 0 Å². The number of fused-ring (bicyclic) bond motifs is 2. The molecule has 0 aliphatic carbocycles. The van der Waals surface area contributed by atoms with Crippen LogP contribution < -0.4 is 20.7 Å². The van der Waals surface area contributed by atoms with Crippen molar-refractivity contribution in [2.75, 3.05) is 34.8 Å². The minimum Gasteiger partial charge on any atom is -0.348 e. The number of carbonyl (C=O) groups excluding carboxylic acids is 2. The van der Waals surface area contributed by atoms with Gasteiger partial charge in [0.25, 0.3) is 62.3 Å². The van der Waals surface area contributed by atoms with Crippen molar-refractivity contribution in [1.82, 2.24) is 20.5 Å². The minimum atomic E-state index is -4.66. The number of nitrogens with zero attached hydrogens (tertiary/aromatic N) is 5. The number of allylic oxidation sites excluding steroid dienone is 6. The van der Waals surface area contributed by atoms with Gasteiger partial charge in [-0.15, -0.1) is 10.2 Å². The molecule has 3 aromatic carbocycles. The Bertz CT molecular complexity index is 3910. The number of nitrogens with one attached hydrogen (secondary N) is 2. The summed E-state index contributed by atoms with van der Waals surface area (Å²) >= 11 is 0.575. The van der Waals surface area contributed by atoms with Gasteiger partial charge in [-0.1, -0.05) is 43.4 Å². The zero-order valence-electron chi connectivity index (χ0n) is 41.2. The van der Waals surface area contributed by atoms with Crippen molar-refractivity contribution in [3.05, 3.63) is 143 Å². The Kier molecular flexibility index (Phi) is 16.5. The lowest BCUT2D eigenvalue weighted by Gasteiger charge is -2.27.